The topological polar surface area (TPSA) is 95.6 Å². The molecule has 82 valence electrons. The number of carboxylic acid groups (broad SMARTS) is 1. The summed E-state index contributed by atoms with van der Waals surface area (Å²) in [5.74, 6) is 3.74. The van der Waals surface area contributed by atoms with Crippen LogP contribution in [-0.2, 0) is 0 Å². The molecule has 5 heteroatoms. The zero-order valence-corrected chi connectivity index (χ0v) is 8.27. The molecule has 0 aliphatic carbocycles. The SMILES string of the molecule is NNc1c(O)c(C(=O)O)cc2ccccc12. The molecule has 0 saturated carbocycles. The van der Waals surface area contributed by atoms with Gasteiger partial charge in [-0.3, -0.25) is 5.84 Å². The Morgan fingerprint density at radius 3 is 2.62 bits per heavy atom. The molecule has 0 heterocycles. The molecular formula is C11H10N2O3. The first-order chi connectivity index (χ1) is 7.65. The van der Waals surface area contributed by atoms with Crippen LogP contribution in [0.4, 0.5) is 5.69 Å². The first-order valence-electron chi connectivity index (χ1n) is 4.59. The van der Waals surface area contributed by atoms with E-state index in [9.17, 15) is 9.90 Å². The molecule has 2 rings (SSSR count). The van der Waals surface area contributed by atoms with Gasteiger partial charge in [-0.1, -0.05) is 24.3 Å². The zero-order valence-electron chi connectivity index (χ0n) is 8.27. The Bertz CT molecular complexity index is 566. The Kier molecular flexibility index (Phi) is 2.38. The average Bonchev–Trinajstić information content (AvgIpc) is 2.28. The number of phenols is 1. The summed E-state index contributed by atoms with van der Waals surface area (Å²) in [5, 5.41) is 20.0. The molecule has 0 aromatic heterocycles. The lowest BCUT2D eigenvalue weighted by atomic mass is 10.0. The van der Waals surface area contributed by atoms with Crippen LogP contribution in [-0.4, -0.2) is 16.2 Å². The molecule has 2 aromatic rings. The van der Waals surface area contributed by atoms with Crippen molar-refractivity contribution in [1.82, 2.24) is 0 Å². The highest BCUT2D eigenvalue weighted by Gasteiger charge is 2.16. The molecule has 0 aliphatic rings. The highest BCUT2D eigenvalue weighted by Crippen LogP contribution is 2.35. The highest BCUT2D eigenvalue weighted by atomic mass is 16.4. The van der Waals surface area contributed by atoms with Gasteiger partial charge < -0.3 is 15.6 Å². The number of aromatic carboxylic acids is 1. The second-order valence-corrected chi connectivity index (χ2v) is 3.32. The fourth-order valence-corrected chi connectivity index (χ4v) is 1.65. The summed E-state index contributed by atoms with van der Waals surface area (Å²) < 4.78 is 0. The van der Waals surface area contributed by atoms with E-state index in [1.165, 1.54) is 6.07 Å². The predicted molar refractivity (Wildman–Crippen MR) is 60.4 cm³/mol. The van der Waals surface area contributed by atoms with Crippen LogP contribution in [0, 0.1) is 0 Å². The smallest absolute Gasteiger partial charge is 0.339 e. The molecule has 0 amide bonds. The normalized spacial score (nSPS) is 10.3. The highest BCUT2D eigenvalue weighted by molar-refractivity contribution is 6.05. The van der Waals surface area contributed by atoms with Crippen molar-refractivity contribution in [2.24, 2.45) is 5.84 Å². The van der Waals surface area contributed by atoms with Crippen LogP contribution in [0.15, 0.2) is 30.3 Å². The summed E-state index contributed by atoms with van der Waals surface area (Å²) in [4.78, 5) is 10.9. The summed E-state index contributed by atoms with van der Waals surface area (Å²) >= 11 is 0. The Morgan fingerprint density at radius 1 is 1.31 bits per heavy atom. The molecule has 2 aromatic carbocycles. The third-order valence-corrected chi connectivity index (χ3v) is 2.40. The summed E-state index contributed by atoms with van der Waals surface area (Å²) in [5.41, 5.74) is 2.36. The van der Waals surface area contributed by atoms with Crippen LogP contribution in [0.2, 0.25) is 0 Å². The number of benzene rings is 2. The second kappa shape index (κ2) is 3.71. The number of fused-ring (bicyclic) bond motifs is 1. The van der Waals surface area contributed by atoms with Crippen LogP contribution in [0.3, 0.4) is 0 Å². The minimum Gasteiger partial charge on any atom is -0.505 e. The summed E-state index contributed by atoms with van der Waals surface area (Å²) in [6.07, 6.45) is 0. The number of carboxylic acids is 1. The van der Waals surface area contributed by atoms with Gasteiger partial charge in [-0.2, -0.15) is 0 Å². The standard InChI is InChI=1S/C11H10N2O3/c12-13-9-7-4-2-1-3-6(7)5-8(10(9)14)11(15)16/h1-5,13-14H,12H2,(H,15,16). The molecule has 0 aliphatic heterocycles. The molecule has 0 unspecified atom stereocenters. The molecule has 5 N–H and O–H groups in total. The lowest BCUT2D eigenvalue weighted by molar-refractivity contribution is 0.0694. The van der Waals surface area contributed by atoms with E-state index in [1.807, 2.05) is 0 Å². The Balaban J connectivity index is 2.88. The molecule has 0 atom stereocenters. The first kappa shape index (κ1) is 10.3. The van der Waals surface area contributed by atoms with Crippen LogP contribution in [0.5, 0.6) is 5.75 Å². The van der Waals surface area contributed by atoms with Gasteiger partial charge in [-0.15, -0.1) is 0 Å². The van der Waals surface area contributed by atoms with Crippen molar-refractivity contribution in [2.45, 2.75) is 0 Å². The van der Waals surface area contributed by atoms with E-state index >= 15 is 0 Å². The maximum absolute atomic E-state index is 10.9. The number of carbonyl (C=O) groups is 1. The second-order valence-electron chi connectivity index (χ2n) is 3.32. The molecule has 0 saturated heterocycles. The van der Waals surface area contributed by atoms with Crippen LogP contribution < -0.4 is 11.3 Å². The van der Waals surface area contributed by atoms with Gasteiger partial charge in [0, 0.05) is 5.39 Å². The van der Waals surface area contributed by atoms with Crippen LogP contribution in [0.1, 0.15) is 10.4 Å². The van der Waals surface area contributed by atoms with Crippen molar-refractivity contribution in [2.75, 3.05) is 5.43 Å². The Labute approximate surface area is 91.1 Å². The van der Waals surface area contributed by atoms with E-state index < -0.39 is 5.97 Å². The average molecular weight is 218 g/mol. The molecule has 16 heavy (non-hydrogen) atoms. The van der Waals surface area contributed by atoms with Gasteiger partial charge in [0.25, 0.3) is 0 Å². The third kappa shape index (κ3) is 1.43. The van der Waals surface area contributed by atoms with Gasteiger partial charge in [-0.05, 0) is 11.5 Å². The van der Waals surface area contributed by atoms with Gasteiger partial charge in [0.2, 0.25) is 0 Å². The first-order valence-corrected chi connectivity index (χ1v) is 4.59. The van der Waals surface area contributed by atoms with Crippen LogP contribution >= 0.6 is 0 Å². The van der Waals surface area contributed by atoms with Crippen molar-refractivity contribution in [3.8, 4) is 5.75 Å². The minimum absolute atomic E-state index is 0.174. The van der Waals surface area contributed by atoms with Crippen molar-refractivity contribution < 1.29 is 15.0 Å². The predicted octanol–water partition coefficient (Wildman–Crippen LogP) is 1.53. The van der Waals surface area contributed by atoms with Crippen LogP contribution in [0.25, 0.3) is 10.8 Å². The number of nitrogens with two attached hydrogens (primary N) is 1. The van der Waals surface area contributed by atoms with Crippen molar-refractivity contribution in [1.29, 1.82) is 0 Å². The van der Waals surface area contributed by atoms with Gasteiger partial charge in [0.15, 0.2) is 5.75 Å². The molecule has 0 spiro atoms. The lowest BCUT2D eigenvalue weighted by Crippen LogP contribution is -2.09. The molecule has 5 nitrogen and oxygen atoms in total. The van der Waals surface area contributed by atoms with E-state index in [0.717, 1.165) is 0 Å². The van der Waals surface area contributed by atoms with E-state index in [1.54, 1.807) is 24.3 Å². The van der Waals surface area contributed by atoms with Crippen molar-refractivity contribution >= 4 is 22.4 Å². The number of aromatic hydroxyl groups is 1. The number of nitrogens with one attached hydrogen (secondary N) is 1. The maximum atomic E-state index is 10.9. The fraction of sp³-hybridized carbons (Fsp3) is 0. The Hall–Kier alpha value is -2.27. The molecule has 0 bridgehead atoms. The number of hydrazine groups is 1. The number of rotatable bonds is 2. The Morgan fingerprint density at radius 2 is 2.00 bits per heavy atom. The molecule has 0 fully saturated rings. The van der Waals surface area contributed by atoms with Gasteiger partial charge in [0.1, 0.15) is 5.56 Å². The molecular weight excluding hydrogens is 208 g/mol. The van der Waals surface area contributed by atoms with Crippen molar-refractivity contribution in [3.05, 3.63) is 35.9 Å². The van der Waals surface area contributed by atoms with E-state index in [0.29, 0.717) is 10.8 Å². The van der Waals surface area contributed by atoms with Crippen molar-refractivity contribution in [3.63, 3.8) is 0 Å². The van der Waals surface area contributed by atoms with Gasteiger partial charge >= 0.3 is 5.97 Å². The zero-order chi connectivity index (χ0) is 11.7. The number of anilines is 1. The largest absolute Gasteiger partial charge is 0.505 e. The quantitative estimate of drug-likeness (QED) is 0.348. The minimum atomic E-state index is -1.19. The number of nitrogen functional groups attached to an aromatic ring is 1. The summed E-state index contributed by atoms with van der Waals surface area (Å²) in [7, 11) is 0. The van der Waals surface area contributed by atoms with Gasteiger partial charge in [-0.25, -0.2) is 4.79 Å². The lowest BCUT2D eigenvalue weighted by Gasteiger charge is -2.10. The van der Waals surface area contributed by atoms with E-state index in [2.05, 4.69) is 5.43 Å². The summed E-state index contributed by atoms with van der Waals surface area (Å²) in [6.45, 7) is 0. The van der Waals surface area contributed by atoms with Gasteiger partial charge in [0.05, 0.1) is 5.69 Å². The van der Waals surface area contributed by atoms with E-state index in [-0.39, 0.29) is 17.0 Å². The monoisotopic (exact) mass is 218 g/mol. The number of hydrogen-bond donors (Lipinski definition) is 4. The molecule has 0 radical (unpaired) electrons. The van der Waals surface area contributed by atoms with E-state index in [4.69, 9.17) is 10.9 Å². The maximum Gasteiger partial charge on any atom is 0.339 e. The summed E-state index contributed by atoms with van der Waals surface area (Å²) in [6, 6.07) is 8.47. The fourth-order valence-electron chi connectivity index (χ4n) is 1.65. The number of hydrogen-bond acceptors (Lipinski definition) is 4. The third-order valence-electron chi connectivity index (χ3n) is 2.40.